The van der Waals surface area contributed by atoms with Gasteiger partial charge in [-0.2, -0.15) is 0 Å². The molecule has 84 heavy (non-hydrogen) atoms. The lowest BCUT2D eigenvalue weighted by atomic mass is 9.83. The van der Waals surface area contributed by atoms with Gasteiger partial charge < -0.3 is 59.9 Å². The van der Waals surface area contributed by atoms with Gasteiger partial charge in [-0.1, -0.05) is 55.2 Å². The first-order chi connectivity index (χ1) is 39.6. The average molecular weight is 1220 g/mol. The molecule has 1 aromatic rings. The molecule has 6 N–H and O–H groups in total. The van der Waals surface area contributed by atoms with Gasteiger partial charge in [0.25, 0.3) is 11.8 Å². The molecule has 2 fully saturated rings. The number of rotatable bonds is 25. The summed E-state index contributed by atoms with van der Waals surface area (Å²) in [5.74, 6) is -3.66. The van der Waals surface area contributed by atoms with Crippen LogP contribution in [0.4, 0.5) is 10.5 Å². The minimum atomic E-state index is -1.88. The topological polar surface area (TPSA) is 310 Å². The maximum Gasteiger partial charge on any atom is 0.409 e. The van der Waals surface area contributed by atoms with Crippen molar-refractivity contribution >= 4 is 88.4 Å². The third-order valence-electron chi connectivity index (χ3n) is 15.5. The SMILES string of the molecule is COc1cc2cc(c1Cl)N(C)C(=O)CC(OC(=O)C(C)N(C)C(=O)CCCCCSCNC(=O)C(C)NC(=O)C(C)NC(=O)C(C)NC(=O)CCCCCN1C(=O)C=CC1=O)[C@]1(C)O[C@@H]1C(C)[C@@H]1C[C@@](O)(NC(=O)O1)C(OC)C=CC=C(C)C2. The number of epoxide rings is 1. The molecular formula is C58H83ClN8O16S. The molecular weight excluding hydrogens is 1130 g/mol. The van der Waals surface area contributed by atoms with E-state index in [1.165, 1.54) is 82.7 Å². The molecule has 11 atom stereocenters. The van der Waals surface area contributed by atoms with Gasteiger partial charge in [-0.15, -0.1) is 11.8 Å². The zero-order valence-electron chi connectivity index (χ0n) is 49.8. The fraction of sp³-hybridized carbons (Fsp3) is 0.621. The fourth-order valence-electron chi connectivity index (χ4n) is 9.97. The van der Waals surface area contributed by atoms with E-state index in [1.54, 1.807) is 45.2 Å². The lowest BCUT2D eigenvalue weighted by molar-refractivity contribution is -0.162. The summed E-state index contributed by atoms with van der Waals surface area (Å²) in [6, 6.07) is -0.416. The number of carbonyl (C=O) groups is 10. The van der Waals surface area contributed by atoms with E-state index in [2.05, 4.69) is 26.6 Å². The molecule has 5 rings (SSSR count). The van der Waals surface area contributed by atoms with Crippen molar-refractivity contribution < 1.29 is 76.7 Å². The van der Waals surface area contributed by atoms with Crippen LogP contribution in [0.15, 0.2) is 48.1 Å². The molecule has 26 heteroatoms. The van der Waals surface area contributed by atoms with Crippen molar-refractivity contribution in [3.05, 3.63) is 58.7 Å². The Morgan fingerprint density at radius 3 is 2.19 bits per heavy atom. The number of nitrogens with one attached hydrogen (secondary N) is 5. The van der Waals surface area contributed by atoms with E-state index < -0.39 is 102 Å². The van der Waals surface area contributed by atoms with Gasteiger partial charge in [-0.25, -0.2) is 9.59 Å². The number of fused-ring (bicyclic) bond motifs is 5. The van der Waals surface area contributed by atoms with Gasteiger partial charge in [-0.05, 0) is 97.1 Å². The highest BCUT2D eigenvalue weighted by atomic mass is 35.5. The second-order valence-corrected chi connectivity index (χ2v) is 23.5. The van der Waals surface area contributed by atoms with Crippen molar-refractivity contribution in [2.75, 3.05) is 51.4 Å². The molecule has 7 unspecified atom stereocenters. The van der Waals surface area contributed by atoms with Crippen LogP contribution in [0.5, 0.6) is 5.75 Å². The monoisotopic (exact) mass is 1210 g/mol. The van der Waals surface area contributed by atoms with Crippen LogP contribution >= 0.6 is 23.4 Å². The summed E-state index contributed by atoms with van der Waals surface area (Å²) in [5.41, 5.74) is -1.15. The average Bonchev–Trinajstić information content (AvgIpc) is 1.77. The number of aliphatic hydroxyl groups is 1. The number of thioether (sulfide) groups is 1. The normalized spacial score (nSPS) is 24.7. The maximum absolute atomic E-state index is 14.4. The van der Waals surface area contributed by atoms with E-state index in [9.17, 15) is 53.1 Å². The van der Waals surface area contributed by atoms with Crippen LogP contribution < -0.4 is 36.2 Å². The number of hydrogen-bond donors (Lipinski definition) is 6. The van der Waals surface area contributed by atoms with Gasteiger partial charge >= 0.3 is 12.1 Å². The molecule has 0 aromatic heterocycles. The number of halogens is 1. The summed E-state index contributed by atoms with van der Waals surface area (Å²) >= 11 is 8.27. The van der Waals surface area contributed by atoms with Crippen LogP contribution in [0.25, 0.3) is 0 Å². The lowest BCUT2D eigenvalue weighted by Crippen LogP contribution is -2.63. The Hall–Kier alpha value is -6.54. The highest BCUT2D eigenvalue weighted by Gasteiger charge is 2.64. The van der Waals surface area contributed by atoms with E-state index in [0.29, 0.717) is 62.1 Å². The third kappa shape index (κ3) is 18.5. The number of nitrogens with zero attached hydrogens (tertiary/aromatic N) is 3. The van der Waals surface area contributed by atoms with Gasteiger partial charge in [0.2, 0.25) is 35.4 Å². The largest absolute Gasteiger partial charge is 0.495 e. The number of carbonyl (C=O) groups excluding carboxylic acids is 10. The molecule has 2 saturated heterocycles. The lowest BCUT2D eigenvalue weighted by Gasteiger charge is -2.42. The Morgan fingerprint density at radius 2 is 1.54 bits per heavy atom. The first kappa shape index (κ1) is 68.2. The zero-order chi connectivity index (χ0) is 62.2. The molecule has 24 nitrogen and oxygen atoms in total. The number of anilines is 1. The second kappa shape index (κ2) is 31.0. The van der Waals surface area contributed by atoms with Crippen LogP contribution in [0.2, 0.25) is 5.02 Å². The van der Waals surface area contributed by atoms with Gasteiger partial charge in [0, 0.05) is 65.1 Å². The second-order valence-electron chi connectivity index (χ2n) is 22.0. The summed E-state index contributed by atoms with van der Waals surface area (Å²) in [6.45, 7) is 11.6. The minimum absolute atomic E-state index is 0.0968. The van der Waals surface area contributed by atoms with Crippen LogP contribution in [-0.4, -0.2) is 181 Å². The number of benzene rings is 1. The van der Waals surface area contributed by atoms with Crippen molar-refractivity contribution in [1.82, 2.24) is 36.4 Å². The number of imide groups is 1. The number of likely N-dealkylation sites (N-methyl/N-ethyl adjacent to an activating group) is 1. The van der Waals surface area contributed by atoms with Gasteiger partial charge in [0.05, 0.1) is 31.2 Å². The smallest absolute Gasteiger partial charge is 0.409 e. The standard InChI is InChI=1S/C58H83ClN8O16S/c1-33-19-18-20-43(80-11)58(78)31-42(81-56(77)64-58)34(2)51-57(7,83-51)44(30-49(72)66(9)40-28-39(27-33)29-41(79-10)50(40)59)82-55(76)38(6)65(8)46(69)22-15-13-17-26-84-32-60-52(73)35(3)62-54(75)37(5)63-53(74)36(4)61-45(68)21-14-12-16-25-67-47(70)23-24-48(67)71/h18-20,23-24,28-29,34-38,42-44,51,78H,12-17,21-22,25-27,30-32H2,1-11H3,(H,60,73)(H,61,68)(H,62,75)(H,63,74)(H,64,77)/t34?,35?,36?,37?,38?,42-,43?,44?,51+,57-,58-/m0/s1. The number of methoxy groups -OCH3 is 2. The highest BCUT2D eigenvalue weighted by molar-refractivity contribution is 7.99. The summed E-state index contributed by atoms with van der Waals surface area (Å²) < 4.78 is 29.5. The molecule has 0 radical (unpaired) electrons. The Balaban J connectivity index is 1.06. The quantitative estimate of drug-likeness (QED) is 0.0266. The predicted molar refractivity (Wildman–Crippen MR) is 312 cm³/mol. The van der Waals surface area contributed by atoms with Crippen molar-refractivity contribution in [3.8, 4) is 5.75 Å². The van der Waals surface area contributed by atoms with Crippen LogP contribution in [-0.2, 0) is 68.5 Å². The van der Waals surface area contributed by atoms with Crippen molar-refractivity contribution in [2.24, 2.45) is 5.92 Å². The number of alkyl carbamates (subject to hydrolysis) is 1. The van der Waals surface area contributed by atoms with E-state index in [-0.39, 0.29) is 66.8 Å². The van der Waals surface area contributed by atoms with Crippen LogP contribution in [0.1, 0.15) is 118 Å². The molecule has 9 amide bonds. The molecule has 4 aliphatic heterocycles. The van der Waals surface area contributed by atoms with Gasteiger partial charge in [-0.3, -0.25) is 48.6 Å². The molecule has 0 saturated carbocycles. The first-order valence-corrected chi connectivity index (χ1v) is 29.8. The molecule has 464 valence electrons. The predicted octanol–water partition coefficient (Wildman–Crippen LogP) is 3.88. The van der Waals surface area contributed by atoms with Crippen molar-refractivity contribution in [2.45, 2.75) is 179 Å². The van der Waals surface area contributed by atoms with E-state index >= 15 is 0 Å². The number of unbranched alkanes of at least 4 members (excludes halogenated alkanes) is 4. The highest BCUT2D eigenvalue weighted by Crippen LogP contribution is 2.49. The zero-order valence-corrected chi connectivity index (χ0v) is 51.4. The minimum Gasteiger partial charge on any atom is -0.495 e. The third-order valence-corrected chi connectivity index (χ3v) is 16.8. The molecule has 0 aliphatic carbocycles. The number of esters is 1. The van der Waals surface area contributed by atoms with E-state index in [0.717, 1.165) is 16.0 Å². The van der Waals surface area contributed by atoms with Gasteiger partial charge in [0.15, 0.2) is 5.72 Å². The Kier molecular flexibility index (Phi) is 25.2. The number of amides is 9. The van der Waals surface area contributed by atoms with Crippen molar-refractivity contribution in [3.63, 3.8) is 0 Å². The molecule has 1 aromatic carbocycles. The number of hydrogen-bond acceptors (Lipinski definition) is 17. The van der Waals surface area contributed by atoms with E-state index in [4.69, 9.17) is 35.3 Å². The molecule has 4 bridgehead atoms. The molecule has 4 aliphatic rings. The Labute approximate surface area is 500 Å². The number of ether oxygens (including phenoxy) is 5. The van der Waals surface area contributed by atoms with E-state index in [1.807, 2.05) is 13.0 Å². The maximum atomic E-state index is 14.4. The first-order valence-electron chi connectivity index (χ1n) is 28.3. The van der Waals surface area contributed by atoms with Crippen LogP contribution in [0, 0.1) is 5.92 Å². The summed E-state index contributed by atoms with van der Waals surface area (Å²) in [7, 11) is 5.93. The summed E-state index contributed by atoms with van der Waals surface area (Å²) in [5, 5.41) is 25.0. The van der Waals surface area contributed by atoms with Crippen LogP contribution in [0.3, 0.4) is 0 Å². The van der Waals surface area contributed by atoms with Gasteiger partial charge in [0.1, 0.15) is 58.9 Å². The Morgan fingerprint density at radius 1 is 0.905 bits per heavy atom. The summed E-state index contributed by atoms with van der Waals surface area (Å²) in [4.78, 5) is 133. The molecule has 4 heterocycles. The summed E-state index contributed by atoms with van der Waals surface area (Å²) in [6.07, 6.45) is 6.62. The molecule has 0 spiro atoms. The number of allylic oxidation sites excluding steroid dienone is 3. The van der Waals surface area contributed by atoms with Crippen molar-refractivity contribution in [1.29, 1.82) is 0 Å². The fourth-order valence-corrected chi connectivity index (χ4v) is 11.1. The Bertz CT molecular complexity index is 2690.